The minimum atomic E-state index is -0.488. The van der Waals surface area contributed by atoms with Gasteiger partial charge >= 0.3 is 0 Å². The van der Waals surface area contributed by atoms with E-state index >= 15 is 0 Å². The van der Waals surface area contributed by atoms with Crippen LogP contribution in [0, 0.1) is 23.1 Å². The van der Waals surface area contributed by atoms with Crippen molar-refractivity contribution in [1.29, 1.82) is 0 Å². The Morgan fingerprint density at radius 2 is 2.30 bits per heavy atom. The maximum absolute atomic E-state index is 8.14. The highest BCUT2D eigenvalue weighted by atomic mass is 14.6. The number of rotatable bonds is 0. The van der Waals surface area contributed by atoms with E-state index in [1.54, 1.807) is 0 Å². The van der Waals surface area contributed by atoms with Gasteiger partial charge < -0.3 is 0 Å². The summed E-state index contributed by atoms with van der Waals surface area (Å²) in [5, 5.41) is 0. The SMILES string of the molecule is [2H][C@H]1CC2CC(C2(C)C)[C@]1([2H])C. The minimum absolute atomic E-state index is 0.144. The smallest absolute Gasteiger partial charge is 0.0303 e. The summed E-state index contributed by atoms with van der Waals surface area (Å²) < 4.78 is 16.0. The molecule has 0 aliphatic heterocycles. The molecular formula is C10H18. The van der Waals surface area contributed by atoms with Crippen LogP contribution in [-0.2, 0) is 0 Å². The van der Waals surface area contributed by atoms with Crippen molar-refractivity contribution in [2.24, 2.45) is 23.1 Å². The fourth-order valence-corrected chi connectivity index (χ4v) is 2.66. The van der Waals surface area contributed by atoms with Crippen LogP contribution < -0.4 is 0 Å². The molecule has 0 N–H and O–H groups in total. The van der Waals surface area contributed by atoms with Gasteiger partial charge in [-0.25, -0.2) is 0 Å². The van der Waals surface area contributed by atoms with E-state index in [1.807, 2.05) is 6.92 Å². The molecule has 3 fully saturated rings. The summed E-state index contributed by atoms with van der Waals surface area (Å²) in [5.74, 6) is 0.702. The first kappa shape index (κ1) is 4.79. The van der Waals surface area contributed by atoms with E-state index in [-0.39, 0.29) is 6.40 Å². The highest BCUT2D eigenvalue weighted by Gasteiger charge is 2.52. The average Bonchev–Trinajstić information content (AvgIpc) is 1.93. The molecule has 10 heavy (non-hydrogen) atoms. The standard InChI is InChI=1S/C10H18/c1-7-4-5-8-6-9(7)10(8,2)3/h7-9H,4-6H2,1-3H3/t7-,8?,9?/m1/s1/i4D,7D/t4-,7+,8?,9?/m0. The molecule has 58 valence electrons. The molecule has 0 aromatic rings. The first-order valence-electron chi connectivity index (χ1n) is 5.37. The van der Waals surface area contributed by atoms with Crippen LogP contribution in [0.3, 0.4) is 0 Å². The van der Waals surface area contributed by atoms with Crippen molar-refractivity contribution >= 4 is 0 Å². The third-order valence-electron chi connectivity index (χ3n) is 3.74. The monoisotopic (exact) mass is 140 g/mol. The quantitative estimate of drug-likeness (QED) is 0.485. The van der Waals surface area contributed by atoms with Gasteiger partial charge in [0.25, 0.3) is 0 Å². The van der Waals surface area contributed by atoms with Crippen LogP contribution in [-0.4, -0.2) is 0 Å². The lowest BCUT2D eigenvalue weighted by Crippen LogP contribution is -2.51. The summed E-state index contributed by atoms with van der Waals surface area (Å²) >= 11 is 0. The largest absolute Gasteiger partial charge is 0.0622 e. The van der Waals surface area contributed by atoms with E-state index in [1.165, 1.54) is 6.42 Å². The maximum Gasteiger partial charge on any atom is 0.0303 e. The highest BCUT2D eigenvalue weighted by Crippen LogP contribution is 2.61. The van der Waals surface area contributed by atoms with Gasteiger partial charge in [0, 0.05) is 2.74 Å². The molecule has 3 aliphatic rings. The molecule has 3 saturated carbocycles. The fourth-order valence-electron chi connectivity index (χ4n) is 2.66. The van der Waals surface area contributed by atoms with Crippen molar-refractivity contribution in [2.45, 2.75) is 40.0 Å². The summed E-state index contributed by atoms with van der Waals surface area (Å²) in [6.45, 7) is 6.49. The number of hydrogen-bond donors (Lipinski definition) is 0. The Hall–Kier alpha value is 0. The van der Waals surface area contributed by atoms with E-state index < -0.39 is 5.89 Å². The summed E-state index contributed by atoms with van der Waals surface area (Å²) in [6.07, 6.45) is 2.00. The Balaban J connectivity index is 2.27. The molecule has 0 aromatic heterocycles. The fraction of sp³-hybridized carbons (Fsp3) is 1.00. The van der Waals surface area contributed by atoms with Gasteiger partial charge in [-0.3, -0.25) is 0 Å². The Bertz CT molecular complexity index is 208. The zero-order valence-electron chi connectivity index (χ0n) is 9.15. The molecule has 0 heterocycles. The summed E-state index contributed by atoms with van der Waals surface area (Å²) in [4.78, 5) is 0. The predicted octanol–water partition coefficient (Wildman–Crippen LogP) is 3.08. The van der Waals surface area contributed by atoms with E-state index in [0.29, 0.717) is 11.3 Å². The molecule has 0 saturated heterocycles. The zero-order valence-corrected chi connectivity index (χ0v) is 7.15. The summed E-state index contributed by atoms with van der Waals surface area (Å²) in [7, 11) is 0. The lowest BCUT2D eigenvalue weighted by atomic mass is 9.46. The third kappa shape index (κ3) is 0.627. The molecule has 2 bridgehead atoms. The molecule has 3 rings (SSSR count). The third-order valence-corrected chi connectivity index (χ3v) is 3.74. The normalized spacial score (nSPS) is 67.7. The average molecular weight is 140 g/mol. The molecule has 0 nitrogen and oxygen atoms in total. The number of fused-ring (bicyclic) bond motifs is 2. The summed E-state index contributed by atoms with van der Waals surface area (Å²) in [5.41, 5.74) is 0.341. The van der Waals surface area contributed by atoms with E-state index in [4.69, 9.17) is 2.74 Å². The second kappa shape index (κ2) is 1.78. The number of hydrogen-bond acceptors (Lipinski definition) is 0. The van der Waals surface area contributed by atoms with Gasteiger partial charge in [0.2, 0.25) is 0 Å². The second-order valence-corrected chi connectivity index (χ2v) is 4.49. The van der Waals surface area contributed by atoms with E-state index in [2.05, 4.69) is 13.8 Å². The Labute approximate surface area is 66.8 Å². The van der Waals surface area contributed by atoms with Crippen molar-refractivity contribution in [3.05, 3.63) is 0 Å². The van der Waals surface area contributed by atoms with Crippen molar-refractivity contribution in [3.63, 3.8) is 0 Å². The molecule has 0 radical (unpaired) electrons. The zero-order chi connectivity index (χ0) is 9.15. The lowest BCUT2D eigenvalue weighted by molar-refractivity contribution is -0.0988. The van der Waals surface area contributed by atoms with Gasteiger partial charge in [-0.15, -0.1) is 0 Å². The van der Waals surface area contributed by atoms with Crippen LogP contribution in [0.5, 0.6) is 0 Å². The van der Waals surface area contributed by atoms with Gasteiger partial charge in [-0.1, -0.05) is 27.2 Å². The van der Waals surface area contributed by atoms with Crippen LogP contribution in [0.4, 0.5) is 0 Å². The van der Waals surface area contributed by atoms with Gasteiger partial charge in [0.15, 0.2) is 0 Å². The van der Waals surface area contributed by atoms with Gasteiger partial charge in [0.05, 0.1) is 0 Å². The molecule has 0 spiro atoms. The van der Waals surface area contributed by atoms with E-state index in [9.17, 15) is 0 Å². The van der Waals surface area contributed by atoms with Crippen LogP contribution in [0.2, 0.25) is 0 Å². The molecular weight excluding hydrogens is 120 g/mol. The van der Waals surface area contributed by atoms with Crippen LogP contribution in [0.1, 0.15) is 42.8 Å². The van der Waals surface area contributed by atoms with Gasteiger partial charge in [0.1, 0.15) is 0 Å². The minimum Gasteiger partial charge on any atom is -0.0622 e. The summed E-state index contributed by atoms with van der Waals surface area (Å²) in [6, 6.07) is 0. The molecule has 0 amide bonds. The van der Waals surface area contributed by atoms with Crippen molar-refractivity contribution in [1.82, 2.24) is 0 Å². The lowest BCUT2D eigenvalue weighted by Gasteiger charge is -2.59. The van der Waals surface area contributed by atoms with Crippen molar-refractivity contribution in [3.8, 4) is 0 Å². The molecule has 3 aliphatic carbocycles. The Morgan fingerprint density at radius 1 is 1.60 bits per heavy atom. The highest BCUT2D eigenvalue weighted by molar-refractivity contribution is 5.01. The van der Waals surface area contributed by atoms with Crippen molar-refractivity contribution < 1.29 is 2.74 Å². The topological polar surface area (TPSA) is 0 Å². The van der Waals surface area contributed by atoms with Crippen LogP contribution >= 0.6 is 0 Å². The van der Waals surface area contributed by atoms with E-state index in [0.717, 1.165) is 12.3 Å². The van der Waals surface area contributed by atoms with Crippen LogP contribution in [0.15, 0.2) is 0 Å². The first-order valence-corrected chi connectivity index (χ1v) is 4.29. The van der Waals surface area contributed by atoms with Gasteiger partial charge in [-0.05, 0) is 36.0 Å². The molecule has 2 unspecified atom stereocenters. The van der Waals surface area contributed by atoms with Gasteiger partial charge in [-0.2, -0.15) is 0 Å². The first-order chi connectivity index (χ1) is 5.37. The molecule has 0 aromatic carbocycles. The van der Waals surface area contributed by atoms with Crippen molar-refractivity contribution in [2.75, 3.05) is 0 Å². The Kier molecular flexibility index (Phi) is 0.852. The molecule has 4 atom stereocenters. The Morgan fingerprint density at radius 3 is 2.70 bits per heavy atom. The van der Waals surface area contributed by atoms with Crippen LogP contribution in [0.25, 0.3) is 0 Å². The molecule has 0 heteroatoms. The second-order valence-electron chi connectivity index (χ2n) is 4.49. The predicted molar refractivity (Wildman–Crippen MR) is 43.8 cm³/mol. The maximum atomic E-state index is 8.14.